The van der Waals surface area contributed by atoms with Gasteiger partial charge in [-0.1, -0.05) is 6.92 Å². The number of aliphatic imine (C=N–C) groups is 1. The standard InChI is InChI=1S/C17H30N6O/c1-6-13(2)20-17(18-10-16(24)21(3)4)23-8-7-14(12-23)15-9-19-22(5)11-15/h9,11,13-14H,6-8,10,12H2,1-5H3,(H,18,20). The molecule has 1 aromatic rings. The molecule has 1 N–H and O–H groups in total. The molecule has 1 fully saturated rings. The van der Waals surface area contributed by atoms with Crippen molar-refractivity contribution in [2.24, 2.45) is 12.0 Å². The van der Waals surface area contributed by atoms with E-state index in [1.165, 1.54) is 5.56 Å². The molecule has 7 heteroatoms. The fourth-order valence-corrected chi connectivity index (χ4v) is 2.72. The summed E-state index contributed by atoms with van der Waals surface area (Å²) < 4.78 is 1.85. The molecule has 2 heterocycles. The van der Waals surface area contributed by atoms with Crippen LogP contribution in [0.3, 0.4) is 0 Å². The van der Waals surface area contributed by atoms with E-state index in [0.29, 0.717) is 12.0 Å². The highest BCUT2D eigenvalue weighted by molar-refractivity contribution is 5.85. The second-order valence-electron chi connectivity index (χ2n) is 6.76. The van der Waals surface area contributed by atoms with Crippen LogP contribution in [0.4, 0.5) is 0 Å². The Balaban J connectivity index is 2.06. The number of aromatic nitrogens is 2. The van der Waals surface area contributed by atoms with Crippen LogP contribution < -0.4 is 5.32 Å². The van der Waals surface area contributed by atoms with Gasteiger partial charge in [-0.2, -0.15) is 5.10 Å². The Bertz CT molecular complexity index is 579. The first-order valence-corrected chi connectivity index (χ1v) is 8.65. The highest BCUT2D eigenvalue weighted by Gasteiger charge is 2.27. The second-order valence-corrected chi connectivity index (χ2v) is 6.76. The van der Waals surface area contributed by atoms with Crippen LogP contribution in [-0.2, 0) is 11.8 Å². The molecule has 0 bridgehead atoms. The monoisotopic (exact) mass is 334 g/mol. The number of likely N-dealkylation sites (N-methyl/N-ethyl adjacent to an activating group) is 1. The van der Waals surface area contributed by atoms with Gasteiger partial charge in [0.2, 0.25) is 5.91 Å². The highest BCUT2D eigenvalue weighted by atomic mass is 16.2. The van der Waals surface area contributed by atoms with Gasteiger partial charge in [-0.3, -0.25) is 9.48 Å². The van der Waals surface area contributed by atoms with Crippen molar-refractivity contribution in [3.63, 3.8) is 0 Å². The number of carbonyl (C=O) groups excluding carboxylic acids is 1. The molecule has 2 unspecified atom stereocenters. The molecular formula is C17H30N6O. The first-order valence-electron chi connectivity index (χ1n) is 8.65. The SMILES string of the molecule is CCC(C)NC(=NCC(=O)N(C)C)N1CCC(c2cnn(C)c2)C1. The number of carbonyl (C=O) groups is 1. The number of hydrogen-bond acceptors (Lipinski definition) is 3. The van der Waals surface area contributed by atoms with Crippen LogP contribution in [0.15, 0.2) is 17.4 Å². The average Bonchev–Trinajstić information content (AvgIpc) is 3.19. The molecule has 1 aliphatic rings. The molecule has 1 amide bonds. The third kappa shape index (κ3) is 4.72. The molecule has 0 radical (unpaired) electrons. The smallest absolute Gasteiger partial charge is 0.243 e. The lowest BCUT2D eigenvalue weighted by atomic mass is 10.0. The number of guanidine groups is 1. The van der Waals surface area contributed by atoms with E-state index in [4.69, 9.17) is 0 Å². The fraction of sp³-hybridized carbons (Fsp3) is 0.706. The topological polar surface area (TPSA) is 65.8 Å². The minimum absolute atomic E-state index is 0.0152. The molecule has 0 saturated carbocycles. The van der Waals surface area contributed by atoms with Crippen molar-refractivity contribution in [2.45, 2.75) is 38.6 Å². The first kappa shape index (κ1) is 18.3. The van der Waals surface area contributed by atoms with Gasteiger partial charge in [-0.05, 0) is 25.3 Å². The maximum Gasteiger partial charge on any atom is 0.243 e. The Hall–Kier alpha value is -2.05. The quantitative estimate of drug-likeness (QED) is 0.645. The number of aryl methyl sites for hydroxylation is 1. The highest BCUT2D eigenvalue weighted by Crippen LogP contribution is 2.26. The Morgan fingerprint density at radius 1 is 1.54 bits per heavy atom. The van der Waals surface area contributed by atoms with E-state index in [1.54, 1.807) is 19.0 Å². The van der Waals surface area contributed by atoms with Gasteiger partial charge in [0.1, 0.15) is 6.54 Å². The van der Waals surface area contributed by atoms with E-state index >= 15 is 0 Å². The van der Waals surface area contributed by atoms with Gasteiger partial charge in [-0.25, -0.2) is 4.99 Å². The van der Waals surface area contributed by atoms with Crippen LogP contribution in [0.5, 0.6) is 0 Å². The van der Waals surface area contributed by atoms with E-state index < -0.39 is 0 Å². The predicted octanol–water partition coefficient (Wildman–Crippen LogP) is 1.04. The van der Waals surface area contributed by atoms with Crippen molar-refractivity contribution >= 4 is 11.9 Å². The van der Waals surface area contributed by atoms with Crippen LogP contribution in [0.25, 0.3) is 0 Å². The molecule has 1 saturated heterocycles. The Morgan fingerprint density at radius 3 is 2.88 bits per heavy atom. The van der Waals surface area contributed by atoms with Crippen molar-refractivity contribution in [3.05, 3.63) is 18.0 Å². The van der Waals surface area contributed by atoms with Gasteiger partial charge >= 0.3 is 0 Å². The summed E-state index contributed by atoms with van der Waals surface area (Å²) in [6.07, 6.45) is 6.13. The third-order valence-electron chi connectivity index (χ3n) is 4.53. The van der Waals surface area contributed by atoms with E-state index in [0.717, 1.165) is 31.9 Å². The third-order valence-corrected chi connectivity index (χ3v) is 4.53. The lowest BCUT2D eigenvalue weighted by Gasteiger charge is -2.25. The normalized spacial score (nSPS) is 19.5. The van der Waals surface area contributed by atoms with Crippen LogP contribution in [0.2, 0.25) is 0 Å². The number of nitrogens with one attached hydrogen (secondary N) is 1. The Kier molecular flexibility index (Phi) is 6.23. The zero-order chi connectivity index (χ0) is 17.7. The van der Waals surface area contributed by atoms with Gasteiger partial charge < -0.3 is 15.1 Å². The van der Waals surface area contributed by atoms with E-state index in [1.807, 2.05) is 17.9 Å². The van der Waals surface area contributed by atoms with Crippen molar-refractivity contribution in [1.29, 1.82) is 0 Å². The van der Waals surface area contributed by atoms with Crippen molar-refractivity contribution in [3.8, 4) is 0 Å². The fourth-order valence-electron chi connectivity index (χ4n) is 2.72. The minimum Gasteiger partial charge on any atom is -0.354 e. The van der Waals surface area contributed by atoms with E-state index in [9.17, 15) is 4.79 Å². The molecule has 0 aliphatic carbocycles. The summed E-state index contributed by atoms with van der Waals surface area (Å²) in [7, 11) is 5.46. The van der Waals surface area contributed by atoms with Crippen LogP contribution in [0.1, 0.15) is 38.2 Å². The lowest BCUT2D eigenvalue weighted by Crippen LogP contribution is -2.44. The van der Waals surface area contributed by atoms with Crippen molar-refractivity contribution in [1.82, 2.24) is 24.9 Å². The van der Waals surface area contributed by atoms with E-state index in [2.05, 4.69) is 40.4 Å². The molecule has 0 aromatic carbocycles. The molecule has 2 atom stereocenters. The first-order chi connectivity index (χ1) is 11.4. The van der Waals surface area contributed by atoms with Crippen molar-refractivity contribution < 1.29 is 4.79 Å². The molecular weight excluding hydrogens is 304 g/mol. The molecule has 2 rings (SSSR count). The van der Waals surface area contributed by atoms with Crippen LogP contribution in [0, 0.1) is 0 Å². The predicted molar refractivity (Wildman–Crippen MR) is 96.0 cm³/mol. The molecule has 24 heavy (non-hydrogen) atoms. The molecule has 134 valence electrons. The van der Waals surface area contributed by atoms with Gasteiger partial charge in [0, 0.05) is 52.4 Å². The largest absolute Gasteiger partial charge is 0.354 e. The van der Waals surface area contributed by atoms with Crippen LogP contribution >= 0.6 is 0 Å². The minimum atomic E-state index is 0.0152. The van der Waals surface area contributed by atoms with Crippen molar-refractivity contribution in [2.75, 3.05) is 33.7 Å². The van der Waals surface area contributed by atoms with Gasteiger partial charge in [0.15, 0.2) is 5.96 Å². The van der Waals surface area contributed by atoms with Gasteiger partial charge in [0.25, 0.3) is 0 Å². The summed E-state index contributed by atoms with van der Waals surface area (Å²) in [4.78, 5) is 20.3. The maximum atomic E-state index is 11.9. The summed E-state index contributed by atoms with van der Waals surface area (Å²) in [6.45, 7) is 6.31. The van der Waals surface area contributed by atoms with Crippen LogP contribution in [-0.4, -0.2) is 71.2 Å². The maximum absolute atomic E-state index is 11.9. The summed E-state index contributed by atoms with van der Waals surface area (Å²) in [5.41, 5.74) is 1.27. The molecule has 1 aliphatic heterocycles. The summed E-state index contributed by atoms with van der Waals surface area (Å²) in [6, 6.07) is 0.329. The summed E-state index contributed by atoms with van der Waals surface area (Å²) in [5.74, 6) is 1.32. The second kappa shape index (κ2) is 8.17. The zero-order valence-corrected chi connectivity index (χ0v) is 15.5. The molecule has 7 nitrogen and oxygen atoms in total. The number of hydrogen-bond donors (Lipinski definition) is 1. The summed E-state index contributed by atoms with van der Waals surface area (Å²) >= 11 is 0. The Morgan fingerprint density at radius 2 is 2.29 bits per heavy atom. The number of amides is 1. The number of rotatable bonds is 5. The number of nitrogens with zero attached hydrogens (tertiary/aromatic N) is 5. The zero-order valence-electron chi connectivity index (χ0n) is 15.5. The van der Waals surface area contributed by atoms with E-state index in [-0.39, 0.29) is 12.5 Å². The number of likely N-dealkylation sites (tertiary alicyclic amines) is 1. The average molecular weight is 334 g/mol. The lowest BCUT2D eigenvalue weighted by molar-refractivity contribution is -0.127. The van der Waals surface area contributed by atoms with Gasteiger partial charge in [-0.15, -0.1) is 0 Å². The molecule has 1 aromatic heterocycles. The Labute approximate surface area is 144 Å². The summed E-state index contributed by atoms with van der Waals surface area (Å²) in [5, 5.41) is 7.74. The van der Waals surface area contributed by atoms with Gasteiger partial charge in [0.05, 0.1) is 6.20 Å². The molecule has 0 spiro atoms.